The van der Waals surface area contributed by atoms with E-state index in [0.717, 1.165) is 31.1 Å². The molecule has 2 aromatic heterocycles. The first-order valence-electron chi connectivity index (χ1n) is 10.1. The van der Waals surface area contributed by atoms with Crippen LogP contribution < -0.4 is 0 Å². The molecule has 0 unspecified atom stereocenters. The van der Waals surface area contributed by atoms with Crippen molar-refractivity contribution in [2.75, 3.05) is 20.6 Å². The van der Waals surface area contributed by atoms with Crippen molar-refractivity contribution < 1.29 is 8.94 Å². The van der Waals surface area contributed by atoms with Crippen LogP contribution in [0.5, 0.6) is 0 Å². The second-order valence-electron chi connectivity index (χ2n) is 8.18. The molecule has 3 aromatic rings. The molecule has 2 aliphatic heterocycles. The Labute approximate surface area is 165 Å². The number of furan rings is 1. The summed E-state index contributed by atoms with van der Waals surface area (Å²) in [5, 5.41) is 4.35. The number of benzene rings is 1. The maximum Gasteiger partial charge on any atom is 0.293 e. The Hall–Kier alpha value is -2.44. The second kappa shape index (κ2) is 7.18. The highest BCUT2D eigenvalue weighted by Crippen LogP contribution is 2.48. The zero-order chi connectivity index (χ0) is 19.1. The molecule has 2 aliphatic rings. The van der Waals surface area contributed by atoms with E-state index in [1.807, 2.05) is 26.2 Å². The van der Waals surface area contributed by atoms with Gasteiger partial charge in [0.1, 0.15) is 5.76 Å². The first-order valence-corrected chi connectivity index (χ1v) is 10.1. The predicted molar refractivity (Wildman–Crippen MR) is 106 cm³/mol. The first-order chi connectivity index (χ1) is 13.7. The number of hydrogen-bond donors (Lipinski definition) is 0. The Kier molecular flexibility index (Phi) is 4.53. The van der Waals surface area contributed by atoms with E-state index in [2.05, 4.69) is 45.3 Å². The van der Waals surface area contributed by atoms with Gasteiger partial charge in [0, 0.05) is 18.0 Å². The molecule has 0 saturated carbocycles. The maximum atomic E-state index is 5.89. The Morgan fingerprint density at radius 3 is 2.82 bits per heavy atom. The highest BCUT2D eigenvalue weighted by molar-refractivity contribution is 5.44. The molecule has 0 aliphatic carbocycles. The first kappa shape index (κ1) is 17.6. The van der Waals surface area contributed by atoms with Gasteiger partial charge in [-0.2, -0.15) is 4.98 Å². The van der Waals surface area contributed by atoms with E-state index in [1.54, 1.807) is 0 Å². The van der Waals surface area contributed by atoms with Gasteiger partial charge in [0.05, 0.1) is 6.54 Å². The van der Waals surface area contributed by atoms with Crippen molar-refractivity contribution in [1.29, 1.82) is 0 Å². The third-order valence-electron chi connectivity index (χ3n) is 5.99. The number of rotatable bonds is 5. The van der Waals surface area contributed by atoms with Gasteiger partial charge in [0.15, 0.2) is 11.6 Å². The van der Waals surface area contributed by atoms with E-state index in [0.29, 0.717) is 29.7 Å². The third kappa shape index (κ3) is 3.16. The molecule has 6 nitrogen and oxygen atoms in total. The molecule has 2 saturated heterocycles. The summed E-state index contributed by atoms with van der Waals surface area (Å²) >= 11 is 0. The molecule has 4 heterocycles. The fraction of sp³-hybridized carbons (Fsp3) is 0.455. The van der Waals surface area contributed by atoms with Crippen LogP contribution in [0.15, 0.2) is 51.4 Å². The zero-order valence-corrected chi connectivity index (χ0v) is 16.4. The van der Waals surface area contributed by atoms with Gasteiger partial charge >= 0.3 is 0 Å². The van der Waals surface area contributed by atoms with Gasteiger partial charge in [0.25, 0.3) is 5.89 Å². The van der Waals surface area contributed by atoms with Crippen LogP contribution in [0.25, 0.3) is 11.7 Å². The van der Waals surface area contributed by atoms with Crippen LogP contribution in [0.1, 0.15) is 48.4 Å². The monoisotopic (exact) mass is 378 g/mol. The number of hydrogen-bond acceptors (Lipinski definition) is 6. The fourth-order valence-electron chi connectivity index (χ4n) is 4.82. The molecular formula is C22H26N4O2. The van der Waals surface area contributed by atoms with Crippen molar-refractivity contribution in [3.05, 3.63) is 59.6 Å². The molecular weight excluding hydrogens is 352 g/mol. The normalized spacial score (nSPS) is 24.9. The second-order valence-corrected chi connectivity index (χ2v) is 8.18. The minimum absolute atomic E-state index is 0.307. The summed E-state index contributed by atoms with van der Waals surface area (Å²) in [6, 6.07) is 15.6. The molecule has 28 heavy (non-hydrogen) atoms. The van der Waals surface area contributed by atoms with Crippen LogP contribution in [0, 0.1) is 0 Å². The lowest BCUT2D eigenvalue weighted by Gasteiger charge is -2.24. The average Bonchev–Trinajstić information content (AvgIpc) is 3.45. The van der Waals surface area contributed by atoms with Crippen molar-refractivity contribution in [3.63, 3.8) is 0 Å². The fourth-order valence-corrected chi connectivity index (χ4v) is 4.82. The van der Waals surface area contributed by atoms with E-state index in [9.17, 15) is 0 Å². The minimum Gasteiger partial charge on any atom is -0.455 e. The van der Waals surface area contributed by atoms with Gasteiger partial charge in [-0.05, 0) is 57.6 Å². The van der Waals surface area contributed by atoms with Crippen molar-refractivity contribution in [2.24, 2.45) is 0 Å². The van der Waals surface area contributed by atoms with E-state index in [4.69, 9.17) is 13.9 Å². The van der Waals surface area contributed by atoms with Crippen LogP contribution >= 0.6 is 0 Å². The summed E-state index contributed by atoms with van der Waals surface area (Å²) in [7, 11) is 4.03. The molecule has 0 N–H and O–H groups in total. The molecule has 3 atom stereocenters. The molecule has 1 aromatic carbocycles. The van der Waals surface area contributed by atoms with Gasteiger partial charge in [-0.3, -0.25) is 4.90 Å². The summed E-state index contributed by atoms with van der Waals surface area (Å²) in [5.74, 6) is 3.15. The van der Waals surface area contributed by atoms with Crippen LogP contribution in [-0.4, -0.2) is 46.6 Å². The van der Waals surface area contributed by atoms with Gasteiger partial charge in [0.2, 0.25) is 0 Å². The SMILES string of the molecule is CN(C)Cc1ccc(-c2nc([C@@H]3C[C@H](c4ccccc4)N4CCC[C@@H]34)no2)o1. The molecule has 6 heteroatoms. The molecule has 0 amide bonds. The van der Waals surface area contributed by atoms with Gasteiger partial charge in [-0.1, -0.05) is 35.5 Å². The molecule has 146 valence electrons. The third-order valence-corrected chi connectivity index (χ3v) is 5.99. The van der Waals surface area contributed by atoms with E-state index in [1.165, 1.54) is 18.4 Å². The van der Waals surface area contributed by atoms with Crippen LogP contribution in [-0.2, 0) is 6.54 Å². The standard InChI is InChI=1S/C22H26N4O2/c1-25(2)14-16-10-11-20(27-16)22-23-21(24-28-22)17-13-19(15-7-4-3-5-8-15)26-12-6-9-18(17)26/h3-5,7-8,10-11,17-19H,6,9,12-14H2,1-2H3/t17-,18+,19-/m1/s1. The van der Waals surface area contributed by atoms with E-state index < -0.39 is 0 Å². The van der Waals surface area contributed by atoms with Crippen molar-refractivity contribution in [3.8, 4) is 11.7 Å². The van der Waals surface area contributed by atoms with Crippen molar-refractivity contribution in [1.82, 2.24) is 19.9 Å². The highest BCUT2D eigenvalue weighted by atomic mass is 16.5. The van der Waals surface area contributed by atoms with E-state index >= 15 is 0 Å². The van der Waals surface area contributed by atoms with Crippen LogP contribution in [0.2, 0.25) is 0 Å². The molecule has 2 fully saturated rings. The lowest BCUT2D eigenvalue weighted by atomic mass is 9.94. The number of nitrogens with zero attached hydrogens (tertiary/aromatic N) is 4. The highest BCUT2D eigenvalue weighted by Gasteiger charge is 2.46. The minimum atomic E-state index is 0.307. The Bertz CT molecular complexity index is 933. The lowest BCUT2D eigenvalue weighted by molar-refractivity contribution is 0.243. The number of fused-ring (bicyclic) bond motifs is 1. The molecule has 0 bridgehead atoms. The summed E-state index contributed by atoms with van der Waals surface area (Å²) in [4.78, 5) is 9.44. The number of aromatic nitrogens is 2. The Morgan fingerprint density at radius 1 is 1.14 bits per heavy atom. The zero-order valence-electron chi connectivity index (χ0n) is 16.4. The van der Waals surface area contributed by atoms with Crippen LogP contribution in [0.3, 0.4) is 0 Å². The quantitative estimate of drug-likeness (QED) is 0.667. The Balaban J connectivity index is 1.39. The van der Waals surface area contributed by atoms with Crippen molar-refractivity contribution >= 4 is 0 Å². The predicted octanol–water partition coefficient (Wildman–Crippen LogP) is 4.08. The molecule has 5 rings (SSSR count). The topological polar surface area (TPSA) is 58.5 Å². The summed E-state index contributed by atoms with van der Waals surface area (Å²) < 4.78 is 11.5. The largest absolute Gasteiger partial charge is 0.455 e. The maximum absolute atomic E-state index is 5.89. The lowest BCUT2D eigenvalue weighted by Crippen LogP contribution is -2.27. The van der Waals surface area contributed by atoms with Gasteiger partial charge < -0.3 is 13.8 Å². The van der Waals surface area contributed by atoms with Crippen LogP contribution in [0.4, 0.5) is 0 Å². The summed E-state index contributed by atoms with van der Waals surface area (Å²) in [6.45, 7) is 1.90. The van der Waals surface area contributed by atoms with Crippen molar-refractivity contribution in [2.45, 2.75) is 43.8 Å². The summed E-state index contributed by atoms with van der Waals surface area (Å²) in [5.41, 5.74) is 1.39. The Morgan fingerprint density at radius 2 is 2.00 bits per heavy atom. The average molecular weight is 378 g/mol. The van der Waals surface area contributed by atoms with Gasteiger partial charge in [-0.15, -0.1) is 0 Å². The molecule has 0 radical (unpaired) electrons. The molecule has 0 spiro atoms. The summed E-state index contributed by atoms with van der Waals surface area (Å²) in [6.07, 6.45) is 3.48. The van der Waals surface area contributed by atoms with Gasteiger partial charge in [-0.25, -0.2) is 0 Å². The smallest absolute Gasteiger partial charge is 0.293 e. The van der Waals surface area contributed by atoms with E-state index in [-0.39, 0.29) is 0 Å².